The van der Waals surface area contributed by atoms with Crippen molar-refractivity contribution in [3.63, 3.8) is 0 Å². The number of thioether (sulfide) groups is 1. The fourth-order valence-corrected chi connectivity index (χ4v) is 6.19. The van der Waals surface area contributed by atoms with Gasteiger partial charge in [-0.3, -0.25) is 9.59 Å². The van der Waals surface area contributed by atoms with E-state index >= 15 is 0 Å². The van der Waals surface area contributed by atoms with E-state index in [-0.39, 0.29) is 17.5 Å². The number of nitrogens with zero attached hydrogens (tertiary/aromatic N) is 2. The minimum atomic E-state index is -0.0441. The quantitative estimate of drug-likeness (QED) is 0.499. The van der Waals surface area contributed by atoms with Crippen LogP contribution in [0.5, 0.6) is 0 Å². The van der Waals surface area contributed by atoms with E-state index in [0.717, 1.165) is 35.9 Å². The maximum absolute atomic E-state index is 12.6. The number of carbonyl (C=O) groups is 1. The molecule has 1 atom stereocenters. The highest BCUT2D eigenvalue weighted by Crippen LogP contribution is 2.34. The molecule has 0 saturated heterocycles. The standard InChI is InChI=1S/C24H30N4O2S2/c1-4-15-8-10-16(11-9-15)18(28(2)3)12-25-21(29)14-31-13-20-26-23(30)22-17-6-5-7-19(17)32-24(22)27-20/h8-11,18H,4-7,12-14H2,1-3H3,(H,25,29)(H,26,27,30). The third-order valence-corrected chi connectivity index (χ3v) is 8.11. The van der Waals surface area contributed by atoms with E-state index in [9.17, 15) is 9.59 Å². The first kappa shape index (κ1) is 23.0. The van der Waals surface area contributed by atoms with E-state index in [4.69, 9.17) is 0 Å². The second-order valence-corrected chi connectivity index (χ2v) is 10.5. The van der Waals surface area contributed by atoms with Crippen molar-refractivity contribution in [1.29, 1.82) is 0 Å². The molecule has 6 nitrogen and oxygen atoms in total. The molecule has 1 aliphatic carbocycles. The summed E-state index contributed by atoms with van der Waals surface area (Å²) in [4.78, 5) is 36.8. The van der Waals surface area contributed by atoms with Gasteiger partial charge in [0.2, 0.25) is 5.91 Å². The number of nitrogens with one attached hydrogen (secondary N) is 2. The summed E-state index contributed by atoms with van der Waals surface area (Å²) in [6, 6.07) is 8.70. The summed E-state index contributed by atoms with van der Waals surface area (Å²) in [6.45, 7) is 2.70. The number of benzene rings is 1. The van der Waals surface area contributed by atoms with Crippen LogP contribution in [-0.4, -0.2) is 47.2 Å². The van der Waals surface area contributed by atoms with Crippen LogP contribution in [0.2, 0.25) is 0 Å². The molecule has 32 heavy (non-hydrogen) atoms. The molecule has 0 fully saturated rings. The summed E-state index contributed by atoms with van der Waals surface area (Å²) in [5.74, 6) is 1.47. The van der Waals surface area contributed by atoms with Crippen LogP contribution in [0.3, 0.4) is 0 Å². The Morgan fingerprint density at radius 3 is 2.78 bits per heavy atom. The molecule has 1 aromatic carbocycles. The molecule has 3 aromatic rings. The number of aromatic amines is 1. The zero-order valence-electron chi connectivity index (χ0n) is 18.9. The fraction of sp³-hybridized carbons (Fsp3) is 0.458. The van der Waals surface area contributed by atoms with E-state index in [0.29, 0.717) is 23.9 Å². The van der Waals surface area contributed by atoms with Gasteiger partial charge in [0.15, 0.2) is 0 Å². The van der Waals surface area contributed by atoms with Crippen molar-refractivity contribution >= 4 is 39.2 Å². The Balaban J connectivity index is 1.30. The van der Waals surface area contributed by atoms with Crippen LogP contribution in [-0.2, 0) is 29.8 Å². The van der Waals surface area contributed by atoms with E-state index in [1.54, 1.807) is 11.3 Å². The van der Waals surface area contributed by atoms with Crippen LogP contribution in [0, 0.1) is 0 Å². The lowest BCUT2D eigenvalue weighted by Crippen LogP contribution is -2.35. The van der Waals surface area contributed by atoms with Crippen molar-refractivity contribution < 1.29 is 4.79 Å². The van der Waals surface area contributed by atoms with Gasteiger partial charge in [0, 0.05) is 11.4 Å². The molecular weight excluding hydrogens is 440 g/mol. The highest BCUT2D eigenvalue weighted by atomic mass is 32.2. The lowest BCUT2D eigenvalue weighted by molar-refractivity contribution is -0.118. The van der Waals surface area contributed by atoms with Gasteiger partial charge in [0.1, 0.15) is 10.7 Å². The van der Waals surface area contributed by atoms with E-state index in [2.05, 4.69) is 51.4 Å². The molecule has 2 N–H and O–H groups in total. The fourth-order valence-electron chi connectivity index (χ4n) is 4.19. The van der Waals surface area contributed by atoms with E-state index in [1.807, 2.05) is 14.1 Å². The third-order valence-electron chi connectivity index (χ3n) is 5.98. The maximum Gasteiger partial charge on any atom is 0.259 e. The second-order valence-electron chi connectivity index (χ2n) is 8.42. The van der Waals surface area contributed by atoms with Crippen molar-refractivity contribution in [3.8, 4) is 0 Å². The molecule has 4 rings (SSSR count). The minimum absolute atomic E-state index is 0.00875. The Morgan fingerprint density at radius 1 is 1.28 bits per heavy atom. The number of H-pyrrole nitrogens is 1. The van der Waals surface area contributed by atoms with Gasteiger partial charge in [-0.25, -0.2) is 4.98 Å². The summed E-state index contributed by atoms with van der Waals surface area (Å²) in [6.07, 6.45) is 4.17. The molecular formula is C24H30N4O2S2. The van der Waals surface area contributed by atoms with Crippen molar-refractivity contribution in [3.05, 3.63) is 62.0 Å². The minimum Gasteiger partial charge on any atom is -0.353 e. The molecule has 2 aromatic heterocycles. The largest absolute Gasteiger partial charge is 0.353 e. The van der Waals surface area contributed by atoms with Crippen LogP contribution < -0.4 is 10.9 Å². The Labute approximate surface area is 196 Å². The third kappa shape index (κ3) is 5.08. The highest BCUT2D eigenvalue weighted by Gasteiger charge is 2.21. The first-order valence-electron chi connectivity index (χ1n) is 11.1. The number of fused-ring (bicyclic) bond motifs is 3. The van der Waals surface area contributed by atoms with Gasteiger partial charge in [-0.2, -0.15) is 0 Å². The Kier molecular flexibility index (Phi) is 7.33. The van der Waals surface area contributed by atoms with Gasteiger partial charge in [-0.05, 0) is 56.5 Å². The number of likely N-dealkylation sites (N-methyl/N-ethyl adjacent to an activating group) is 1. The van der Waals surface area contributed by atoms with Crippen LogP contribution >= 0.6 is 23.1 Å². The predicted octanol–water partition coefficient (Wildman–Crippen LogP) is 3.69. The molecule has 8 heteroatoms. The van der Waals surface area contributed by atoms with Crippen molar-refractivity contribution in [2.75, 3.05) is 26.4 Å². The average molecular weight is 471 g/mol. The zero-order chi connectivity index (χ0) is 22.7. The molecule has 1 amide bonds. The van der Waals surface area contributed by atoms with E-state index < -0.39 is 0 Å². The van der Waals surface area contributed by atoms with Crippen LogP contribution in [0.15, 0.2) is 29.1 Å². The van der Waals surface area contributed by atoms with E-state index in [1.165, 1.54) is 33.3 Å². The monoisotopic (exact) mass is 470 g/mol. The molecule has 170 valence electrons. The normalized spacial score (nSPS) is 14.1. The molecule has 2 heterocycles. The number of aryl methyl sites for hydroxylation is 3. The number of aromatic nitrogens is 2. The molecule has 1 aliphatic rings. The lowest BCUT2D eigenvalue weighted by Gasteiger charge is -2.25. The maximum atomic E-state index is 12.6. The summed E-state index contributed by atoms with van der Waals surface area (Å²) in [5.41, 5.74) is 3.65. The first-order chi connectivity index (χ1) is 15.5. The summed E-state index contributed by atoms with van der Waals surface area (Å²) < 4.78 is 0. The number of amides is 1. The number of rotatable bonds is 9. The van der Waals surface area contributed by atoms with Crippen LogP contribution in [0.25, 0.3) is 10.2 Å². The Morgan fingerprint density at radius 2 is 2.06 bits per heavy atom. The van der Waals surface area contributed by atoms with Crippen molar-refractivity contribution in [2.24, 2.45) is 0 Å². The smallest absolute Gasteiger partial charge is 0.259 e. The summed E-state index contributed by atoms with van der Waals surface area (Å²) >= 11 is 3.11. The molecule has 0 aliphatic heterocycles. The SMILES string of the molecule is CCc1ccc(C(CNC(=O)CSCc2nc3sc4c(c3c(=O)[nH]2)CCC4)N(C)C)cc1. The number of hydrogen-bond acceptors (Lipinski definition) is 6. The second kappa shape index (κ2) is 10.2. The lowest BCUT2D eigenvalue weighted by atomic mass is 10.0. The Bertz CT molecular complexity index is 1150. The first-order valence-corrected chi connectivity index (χ1v) is 13.1. The topological polar surface area (TPSA) is 78.1 Å². The highest BCUT2D eigenvalue weighted by molar-refractivity contribution is 7.99. The summed E-state index contributed by atoms with van der Waals surface area (Å²) in [7, 11) is 4.05. The Hall–Kier alpha value is -2.16. The predicted molar refractivity (Wildman–Crippen MR) is 134 cm³/mol. The van der Waals surface area contributed by atoms with Gasteiger partial charge in [0.05, 0.1) is 22.9 Å². The number of hydrogen-bond donors (Lipinski definition) is 2. The molecule has 0 spiro atoms. The average Bonchev–Trinajstić information content (AvgIpc) is 3.35. The summed E-state index contributed by atoms with van der Waals surface area (Å²) in [5, 5.41) is 3.83. The van der Waals surface area contributed by atoms with Gasteiger partial charge < -0.3 is 15.2 Å². The van der Waals surface area contributed by atoms with Crippen molar-refractivity contribution in [2.45, 2.75) is 44.4 Å². The number of thiophene rings is 1. The molecule has 0 radical (unpaired) electrons. The van der Waals surface area contributed by atoms with Gasteiger partial charge in [-0.15, -0.1) is 23.1 Å². The van der Waals surface area contributed by atoms with Crippen LogP contribution in [0.1, 0.15) is 46.8 Å². The molecule has 1 unspecified atom stereocenters. The van der Waals surface area contributed by atoms with Crippen molar-refractivity contribution in [1.82, 2.24) is 20.2 Å². The molecule has 0 saturated carbocycles. The van der Waals surface area contributed by atoms with Gasteiger partial charge in [-0.1, -0.05) is 31.2 Å². The van der Waals surface area contributed by atoms with Crippen LogP contribution in [0.4, 0.5) is 0 Å². The number of carbonyl (C=O) groups excluding carboxylic acids is 1. The molecule has 0 bridgehead atoms. The van der Waals surface area contributed by atoms with Gasteiger partial charge >= 0.3 is 0 Å². The van der Waals surface area contributed by atoms with Gasteiger partial charge in [0.25, 0.3) is 5.56 Å². The zero-order valence-corrected chi connectivity index (χ0v) is 20.5.